The smallest absolute Gasteiger partial charge is 0.261 e. The van der Waals surface area contributed by atoms with Crippen molar-refractivity contribution < 1.29 is 9.59 Å². The van der Waals surface area contributed by atoms with E-state index in [-0.39, 0.29) is 23.3 Å². The second kappa shape index (κ2) is 5.30. The minimum Gasteiger partial charge on any atom is -0.295 e. The molecule has 23 heavy (non-hydrogen) atoms. The normalized spacial score (nSPS) is 19.0. The third kappa shape index (κ3) is 2.76. The molecule has 1 aromatic heterocycles. The molecule has 120 valence electrons. The SMILES string of the molecule is CC(C)(C)c1ccc2ncn(C3CCC(=O)NC3=O)c(=O)c2c1. The molecule has 1 unspecified atom stereocenters. The highest BCUT2D eigenvalue weighted by molar-refractivity contribution is 5.99. The molecule has 0 spiro atoms. The van der Waals surface area contributed by atoms with E-state index in [0.29, 0.717) is 17.3 Å². The van der Waals surface area contributed by atoms with Crippen molar-refractivity contribution in [2.45, 2.75) is 45.1 Å². The van der Waals surface area contributed by atoms with Crippen LogP contribution < -0.4 is 10.9 Å². The lowest BCUT2D eigenvalue weighted by Crippen LogP contribution is -2.44. The number of benzene rings is 1. The minimum absolute atomic E-state index is 0.0874. The van der Waals surface area contributed by atoms with E-state index in [1.165, 1.54) is 10.9 Å². The van der Waals surface area contributed by atoms with Gasteiger partial charge in [-0.05, 0) is 29.5 Å². The van der Waals surface area contributed by atoms with Crippen molar-refractivity contribution in [1.29, 1.82) is 0 Å². The summed E-state index contributed by atoms with van der Waals surface area (Å²) in [6.45, 7) is 6.22. The molecule has 1 atom stereocenters. The number of hydrogen-bond donors (Lipinski definition) is 1. The van der Waals surface area contributed by atoms with E-state index >= 15 is 0 Å². The lowest BCUT2D eigenvalue weighted by molar-refractivity contribution is -0.135. The fourth-order valence-electron chi connectivity index (χ4n) is 2.77. The van der Waals surface area contributed by atoms with Crippen molar-refractivity contribution in [2.24, 2.45) is 0 Å². The molecule has 0 radical (unpaired) electrons. The first kappa shape index (κ1) is 15.4. The summed E-state index contributed by atoms with van der Waals surface area (Å²) in [4.78, 5) is 40.4. The number of imide groups is 1. The highest BCUT2D eigenvalue weighted by atomic mass is 16.2. The summed E-state index contributed by atoms with van der Waals surface area (Å²) in [5.74, 6) is -0.750. The molecule has 1 fully saturated rings. The summed E-state index contributed by atoms with van der Waals surface area (Å²) in [7, 11) is 0. The van der Waals surface area contributed by atoms with Gasteiger partial charge in [-0.3, -0.25) is 24.3 Å². The van der Waals surface area contributed by atoms with Gasteiger partial charge in [0, 0.05) is 6.42 Å². The minimum atomic E-state index is -0.685. The molecule has 1 aliphatic heterocycles. The topological polar surface area (TPSA) is 81.1 Å². The molecule has 0 saturated carbocycles. The number of nitrogens with one attached hydrogen (secondary N) is 1. The van der Waals surface area contributed by atoms with E-state index in [9.17, 15) is 14.4 Å². The molecule has 1 N–H and O–H groups in total. The van der Waals surface area contributed by atoms with Gasteiger partial charge in [-0.25, -0.2) is 4.98 Å². The first-order valence-corrected chi connectivity index (χ1v) is 7.62. The van der Waals surface area contributed by atoms with Crippen LogP contribution >= 0.6 is 0 Å². The zero-order valence-electron chi connectivity index (χ0n) is 13.4. The first-order valence-electron chi connectivity index (χ1n) is 7.62. The summed E-state index contributed by atoms with van der Waals surface area (Å²) in [5.41, 5.74) is 1.29. The Morgan fingerprint density at radius 3 is 2.61 bits per heavy atom. The summed E-state index contributed by atoms with van der Waals surface area (Å²) in [6.07, 6.45) is 1.93. The second-order valence-electron chi connectivity index (χ2n) is 6.91. The molecule has 2 amide bonds. The van der Waals surface area contributed by atoms with Crippen LogP contribution in [-0.4, -0.2) is 21.4 Å². The Bertz CT molecular complexity index is 861. The largest absolute Gasteiger partial charge is 0.295 e. The van der Waals surface area contributed by atoms with Crippen molar-refractivity contribution in [1.82, 2.24) is 14.9 Å². The number of amides is 2. The lowest BCUT2D eigenvalue weighted by atomic mass is 9.86. The molecule has 6 heteroatoms. The van der Waals surface area contributed by atoms with Crippen LogP contribution in [0, 0.1) is 0 Å². The average Bonchev–Trinajstić information content (AvgIpc) is 2.47. The molecule has 6 nitrogen and oxygen atoms in total. The van der Waals surface area contributed by atoms with Gasteiger partial charge in [-0.2, -0.15) is 0 Å². The number of aromatic nitrogens is 2. The van der Waals surface area contributed by atoms with Gasteiger partial charge >= 0.3 is 0 Å². The Morgan fingerprint density at radius 1 is 1.22 bits per heavy atom. The summed E-state index contributed by atoms with van der Waals surface area (Å²) in [6, 6.07) is 4.94. The van der Waals surface area contributed by atoms with Crippen LogP contribution in [0.1, 0.15) is 45.2 Å². The van der Waals surface area contributed by atoms with E-state index in [2.05, 4.69) is 31.1 Å². The van der Waals surface area contributed by atoms with Crippen molar-refractivity contribution in [2.75, 3.05) is 0 Å². The van der Waals surface area contributed by atoms with Gasteiger partial charge in [0.1, 0.15) is 6.04 Å². The van der Waals surface area contributed by atoms with E-state index in [1.807, 2.05) is 18.2 Å². The molecular weight excluding hydrogens is 294 g/mol. The van der Waals surface area contributed by atoms with Gasteiger partial charge in [0.05, 0.1) is 17.2 Å². The van der Waals surface area contributed by atoms with Gasteiger partial charge in [0.25, 0.3) is 5.56 Å². The zero-order chi connectivity index (χ0) is 16.8. The van der Waals surface area contributed by atoms with Crippen LogP contribution in [0.2, 0.25) is 0 Å². The Balaban J connectivity index is 2.13. The third-order valence-electron chi connectivity index (χ3n) is 4.19. The fraction of sp³-hybridized carbons (Fsp3) is 0.412. The standard InChI is InChI=1S/C17H19N3O3/c1-17(2,3)10-4-5-12-11(8-10)16(23)20(9-18-12)13-6-7-14(21)19-15(13)22/h4-5,8-9,13H,6-7H2,1-3H3,(H,19,21,22). The first-order chi connectivity index (χ1) is 10.8. The number of piperidine rings is 1. The highest BCUT2D eigenvalue weighted by Gasteiger charge is 2.29. The van der Waals surface area contributed by atoms with Gasteiger partial charge in [0.15, 0.2) is 0 Å². The summed E-state index contributed by atoms with van der Waals surface area (Å²) < 4.78 is 1.33. The van der Waals surface area contributed by atoms with E-state index in [1.54, 1.807) is 0 Å². The molecule has 3 rings (SSSR count). The number of fused-ring (bicyclic) bond motifs is 1. The number of rotatable bonds is 1. The van der Waals surface area contributed by atoms with Gasteiger partial charge in [-0.15, -0.1) is 0 Å². The Morgan fingerprint density at radius 2 is 1.96 bits per heavy atom. The van der Waals surface area contributed by atoms with E-state index in [4.69, 9.17) is 0 Å². The molecule has 0 aliphatic carbocycles. The molecular formula is C17H19N3O3. The predicted molar refractivity (Wildman–Crippen MR) is 86.1 cm³/mol. The highest BCUT2D eigenvalue weighted by Crippen LogP contribution is 2.24. The van der Waals surface area contributed by atoms with Crippen LogP contribution in [0.15, 0.2) is 29.3 Å². The predicted octanol–water partition coefficient (Wildman–Crippen LogP) is 1.67. The number of carbonyl (C=O) groups is 2. The Hall–Kier alpha value is -2.50. The van der Waals surface area contributed by atoms with Crippen LogP contribution in [0.5, 0.6) is 0 Å². The molecule has 1 saturated heterocycles. The van der Waals surface area contributed by atoms with Gasteiger partial charge < -0.3 is 0 Å². The quantitative estimate of drug-likeness (QED) is 0.812. The molecule has 1 aromatic carbocycles. The second-order valence-corrected chi connectivity index (χ2v) is 6.91. The van der Waals surface area contributed by atoms with Crippen LogP contribution in [0.3, 0.4) is 0 Å². The van der Waals surface area contributed by atoms with E-state index in [0.717, 1.165) is 5.56 Å². The molecule has 2 aromatic rings. The Labute approximate surface area is 133 Å². The fourth-order valence-corrected chi connectivity index (χ4v) is 2.77. The summed E-state index contributed by atoms with van der Waals surface area (Å²) >= 11 is 0. The van der Waals surface area contributed by atoms with Gasteiger partial charge in [0.2, 0.25) is 11.8 Å². The summed E-state index contributed by atoms with van der Waals surface area (Å²) in [5, 5.41) is 2.76. The zero-order valence-corrected chi connectivity index (χ0v) is 13.4. The number of hydrogen-bond acceptors (Lipinski definition) is 4. The maximum absolute atomic E-state index is 12.8. The molecule has 2 heterocycles. The molecule has 0 bridgehead atoms. The maximum atomic E-state index is 12.8. The number of nitrogens with zero attached hydrogens (tertiary/aromatic N) is 2. The van der Waals surface area contributed by atoms with Gasteiger partial charge in [-0.1, -0.05) is 26.8 Å². The van der Waals surface area contributed by atoms with Crippen molar-refractivity contribution in [3.05, 3.63) is 40.4 Å². The van der Waals surface area contributed by atoms with Crippen LogP contribution in [-0.2, 0) is 15.0 Å². The monoisotopic (exact) mass is 313 g/mol. The Kier molecular flexibility index (Phi) is 3.55. The average molecular weight is 313 g/mol. The maximum Gasteiger partial charge on any atom is 0.261 e. The van der Waals surface area contributed by atoms with Crippen molar-refractivity contribution >= 4 is 22.7 Å². The van der Waals surface area contributed by atoms with Crippen molar-refractivity contribution in [3.63, 3.8) is 0 Å². The van der Waals surface area contributed by atoms with E-state index < -0.39 is 11.9 Å². The van der Waals surface area contributed by atoms with Crippen LogP contribution in [0.25, 0.3) is 10.9 Å². The van der Waals surface area contributed by atoms with Crippen LogP contribution in [0.4, 0.5) is 0 Å². The lowest BCUT2D eigenvalue weighted by Gasteiger charge is -2.23. The molecule has 1 aliphatic rings. The van der Waals surface area contributed by atoms with Crippen molar-refractivity contribution in [3.8, 4) is 0 Å². The third-order valence-corrected chi connectivity index (χ3v) is 4.19. The number of carbonyl (C=O) groups excluding carboxylic acids is 2.